The lowest BCUT2D eigenvalue weighted by molar-refractivity contribution is 0.0945. The summed E-state index contributed by atoms with van der Waals surface area (Å²) >= 11 is 3.30. The highest BCUT2D eigenvalue weighted by Gasteiger charge is 2.16. The summed E-state index contributed by atoms with van der Waals surface area (Å²) in [7, 11) is 1.86. The van der Waals surface area contributed by atoms with Gasteiger partial charge in [0.15, 0.2) is 10.3 Å². The lowest BCUT2D eigenvalue weighted by Gasteiger charge is -2.07. The van der Waals surface area contributed by atoms with Crippen LogP contribution in [0.15, 0.2) is 45.5 Å². The predicted molar refractivity (Wildman–Crippen MR) is 104 cm³/mol. The minimum atomic E-state index is -0.0997. The Morgan fingerprint density at radius 1 is 1.31 bits per heavy atom. The normalized spacial score (nSPS) is 11.5. The second-order valence-electron chi connectivity index (χ2n) is 6.32. The fraction of sp³-hybridized carbons (Fsp3) is 0.263. The molecule has 0 aliphatic carbocycles. The van der Waals surface area contributed by atoms with Gasteiger partial charge in [-0.25, -0.2) is 0 Å². The van der Waals surface area contributed by atoms with E-state index in [-0.39, 0.29) is 5.91 Å². The van der Waals surface area contributed by atoms with Gasteiger partial charge < -0.3 is 14.3 Å². The van der Waals surface area contributed by atoms with E-state index in [0.717, 1.165) is 29.7 Å². The van der Waals surface area contributed by atoms with Gasteiger partial charge in [0.2, 0.25) is 0 Å². The number of furan rings is 1. The van der Waals surface area contributed by atoms with Crippen LogP contribution in [0.2, 0.25) is 0 Å². The van der Waals surface area contributed by atoms with Crippen LogP contribution in [0.1, 0.15) is 22.6 Å². The molecule has 0 aliphatic rings. The first-order valence-electron chi connectivity index (χ1n) is 8.49. The van der Waals surface area contributed by atoms with Gasteiger partial charge in [-0.3, -0.25) is 9.48 Å². The molecular formula is C19H19BrN4O2. The fourth-order valence-corrected chi connectivity index (χ4v) is 3.64. The molecule has 1 amide bonds. The van der Waals surface area contributed by atoms with Crippen LogP contribution in [0, 0.1) is 6.92 Å². The molecule has 26 heavy (non-hydrogen) atoms. The molecular weight excluding hydrogens is 396 g/mol. The van der Waals surface area contributed by atoms with Crippen LogP contribution in [-0.4, -0.2) is 26.8 Å². The van der Waals surface area contributed by atoms with Crippen LogP contribution >= 0.6 is 15.9 Å². The topological polar surface area (TPSA) is 65.0 Å². The number of amides is 1. The van der Waals surface area contributed by atoms with Gasteiger partial charge in [0.25, 0.3) is 5.91 Å². The predicted octanol–water partition coefficient (Wildman–Crippen LogP) is 4.01. The maximum Gasteiger partial charge on any atom is 0.268 e. The summed E-state index contributed by atoms with van der Waals surface area (Å²) in [5.41, 5.74) is 4.34. The number of fused-ring (bicyclic) bond motifs is 2. The molecule has 0 saturated heterocycles. The number of nitrogens with zero attached hydrogens (tertiary/aromatic N) is 3. The van der Waals surface area contributed by atoms with Crippen molar-refractivity contribution in [3.05, 3.63) is 52.5 Å². The van der Waals surface area contributed by atoms with Crippen LogP contribution in [0.5, 0.6) is 0 Å². The number of halogens is 1. The number of rotatable bonds is 5. The summed E-state index contributed by atoms with van der Waals surface area (Å²) in [4.78, 5) is 12.4. The number of aromatic nitrogens is 3. The van der Waals surface area contributed by atoms with Crippen molar-refractivity contribution in [2.75, 3.05) is 6.54 Å². The number of aryl methyl sites for hydroxylation is 3. The van der Waals surface area contributed by atoms with E-state index < -0.39 is 0 Å². The molecule has 0 fully saturated rings. The van der Waals surface area contributed by atoms with Crippen LogP contribution in [-0.2, 0) is 13.6 Å². The molecule has 0 bridgehead atoms. The Kier molecular flexibility index (Phi) is 4.32. The summed E-state index contributed by atoms with van der Waals surface area (Å²) in [6.45, 7) is 3.43. The van der Waals surface area contributed by atoms with E-state index >= 15 is 0 Å². The van der Waals surface area contributed by atoms with Crippen molar-refractivity contribution in [3.63, 3.8) is 0 Å². The average molecular weight is 415 g/mol. The Bertz CT molecular complexity index is 1110. The van der Waals surface area contributed by atoms with Crippen molar-refractivity contribution in [2.24, 2.45) is 7.05 Å². The smallest absolute Gasteiger partial charge is 0.268 e. The van der Waals surface area contributed by atoms with Gasteiger partial charge in [-0.1, -0.05) is 18.2 Å². The van der Waals surface area contributed by atoms with Crippen molar-refractivity contribution in [1.82, 2.24) is 19.7 Å². The molecule has 0 saturated carbocycles. The lowest BCUT2D eigenvalue weighted by atomic mass is 10.2. The molecule has 0 unspecified atom stereocenters. The van der Waals surface area contributed by atoms with E-state index in [4.69, 9.17) is 4.42 Å². The molecule has 6 nitrogen and oxygen atoms in total. The Hall–Kier alpha value is -2.54. The quantitative estimate of drug-likeness (QED) is 0.501. The second kappa shape index (κ2) is 6.64. The van der Waals surface area contributed by atoms with E-state index in [1.54, 1.807) is 6.07 Å². The van der Waals surface area contributed by atoms with Crippen LogP contribution in [0.4, 0.5) is 0 Å². The van der Waals surface area contributed by atoms with Crippen molar-refractivity contribution in [2.45, 2.75) is 19.9 Å². The third-order valence-electron chi connectivity index (χ3n) is 4.67. The highest BCUT2D eigenvalue weighted by molar-refractivity contribution is 9.10. The monoisotopic (exact) mass is 414 g/mol. The zero-order valence-corrected chi connectivity index (χ0v) is 16.2. The first kappa shape index (κ1) is 16.9. The average Bonchev–Trinajstić information content (AvgIpc) is 3.25. The molecule has 3 aromatic heterocycles. The van der Waals surface area contributed by atoms with Gasteiger partial charge in [0.05, 0.1) is 11.0 Å². The summed E-state index contributed by atoms with van der Waals surface area (Å²) < 4.78 is 10.0. The molecule has 1 N–H and O–H groups in total. The van der Waals surface area contributed by atoms with Gasteiger partial charge >= 0.3 is 0 Å². The minimum absolute atomic E-state index is 0.0997. The first-order valence-corrected chi connectivity index (χ1v) is 9.29. The van der Waals surface area contributed by atoms with E-state index in [1.165, 1.54) is 5.39 Å². The highest BCUT2D eigenvalue weighted by atomic mass is 79.9. The van der Waals surface area contributed by atoms with E-state index in [2.05, 4.69) is 39.3 Å². The van der Waals surface area contributed by atoms with Gasteiger partial charge in [0.1, 0.15) is 5.69 Å². The molecule has 7 heteroatoms. The van der Waals surface area contributed by atoms with Gasteiger partial charge in [-0.2, -0.15) is 5.10 Å². The number of benzene rings is 1. The molecule has 4 rings (SSSR count). The van der Waals surface area contributed by atoms with E-state index in [0.29, 0.717) is 22.5 Å². The Morgan fingerprint density at radius 3 is 2.88 bits per heavy atom. The van der Waals surface area contributed by atoms with Crippen molar-refractivity contribution in [1.29, 1.82) is 0 Å². The summed E-state index contributed by atoms with van der Waals surface area (Å²) in [5.74, 6) is -0.0997. The highest BCUT2D eigenvalue weighted by Crippen LogP contribution is 2.26. The van der Waals surface area contributed by atoms with Crippen molar-refractivity contribution < 1.29 is 9.21 Å². The third kappa shape index (κ3) is 2.92. The van der Waals surface area contributed by atoms with Gasteiger partial charge in [-0.05, 0) is 35.3 Å². The second-order valence-corrected chi connectivity index (χ2v) is 7.11. The van der Waals surface area contributed by atoms with Crippen LogP contribution in [0.25, 0.3) is 22.0 Å². The molecule has 0 aliphatic heterocycles. The molecule has 0 radical (unpaired) electrons. The molecule has 0 spiro atoms. The number of hydrogen-bond acceptors (Lipinski definition) is 3. The Labute approximate surface area is 158 Å². The Balaban J connectivity index is 1.37. The SMILES string of the molecule is Cc1c2ccccc2nn1CCCNC(=O)c1cc2oc(Br)cc2n1C. The van der Waals surface area contributed by atoms with E-state index in [1.807, 2.05) is 40.6 Å². The molecule has 134 valence electrons. The minimum Gasteiger partial charge on any atom is -0.448 e. The van der Waals surface area contributed by atoms with Crippen LogP contribution in [0.3, 0.4) is 0 Å². The zero-order chi connectivity index (χ0) is 18.3. The number of carbonyl (C=O) groups excluding carboxylic acids is 1. The lowest BCUT2D eigenvalue weighted by Crippen LogP contribution is -2.27. The van der Waals surface area contributed by atoms with E-state index in [9.17, 15) is 4.79 Å². The summed E-state index contributed by atoms with van der Waals surface area (Å²) in [6, 6.07) is 11.7. The van der Waals surface area contributed by atoms with Crippen LogP contribution < -0.4 is 5.32 Å². The molecule has 1 aromatic carbocycles. The summed E-state index contributed by atoms with van der Waals surface area (Å²) in [6.07, 6.45) is 0.812. The maximum absolute atomic E-state index is 12.4. The molecule has 4 aromatic rings. The standard InChI is InChI=1S/C19H19BrN4O2/c1-12-13-6-3-4-7-14(13)22-24(12)9-5-8-21-19(25)16-10-17-15(23(16)2)11-18(20)26-17/h3-4,6-7,10-11H,5,8-9H2,1-2H3,(H,21,25). The van der Waals surface area contributed by atoms with Crippen molar-refractivity contribution >= 4 is 43.8 Å². The summed E-state index contributed by atoms with van der Waals surface area (Å²) in [5, 5.41) is 8.76. The van der Waals surface area contributed by atoms with Gasteiger partial charge in [-0.15, -0.1) is 0 Å². The number of nitrogens with one attached hydrogen (secondary N) is 1. The number of hydrogen-bond donors (Lipinski definition) is 1. The molecule has 0 atom stereocenters. The van der Waals surface area contributed by atoms with Crippen molar-refractivity contribution in [3.8, 4) is 0 Å². The fourth-order valence-electron chi connectivity index (χ4n) is 3.25. The third-order valence-corrected chi connectivity index (χ3v) is 5.07. The number of carbonyl (C=O) groups is 1. The molecule has 3 heterocycles. The van der Waals surface area contributed by atoms with Gasteiger partial charge in [0, 0.05) is 43.4 Å². The first-order chi connectivity index (χ1) is 12.5. The largest absolute Gasteiger partial charge is 0.448 e. The Morgan fingerprint density at radius 2 is 2.12 bits per heavy atom. The maximum atomic E-state index is 12.4. The zero-order valence-electron chi connectivity index (χ0n) is 14.6.